The molecule has 0 radical (unpaired) electrons. The summed E-state index contributed by atoms with van der Waals surface area (Å²) >= 11 is 0. The van der Waals surface area contributed by atoms with Gasteiger partial charge in [0.1, 0.15) is 0 Å². The highest BCUT2D eigenvalue weighted by Gasteiger charge is 2.30. The number of carboxylic acid groups (broad SMARTS) is 1. The molecule has 0 heterocycles. The third kappa shape index (κ3) is 3.76. The zero-order chi connectivity index (χ0) is 13.8. The number of hydrogen-bond acceptors (Lipinski definition) is 2. The number of hydrogen-bond donors (Lipinski definition) is 2. The number of nitrogens with one attached hydrogen (secondary N) is 1. The maximum atomic E-state index is 12.3. The minimum Gasteiger partial charge on any atom is -0.481 e. The van der Waals surface area contributed by atoms with Crippen molar-refractivity contribution in [3.8, 4) is 0 Å². The lowest BCUT2D eigenvalue weighted by Crippen LogP contribution is -2.22. The third-order valence-electron chi connectivity index (χ3n) is 2.29. The van der Waals surface area contributed by atoms with Gasteiger partial charge in [0.05, 0.1) is 18.0 Å². The molecule has 1 amide bonds. The molecule has 1 aromatic carbocycles. The Kier molecular flexibility index (Phi) is 4.30. The highest BCUT2D eigenvalue weighted by Crippen LogP contribution is 2.30. The monoisotopic (exact) mass is 261 g/mol. The van der Waals surface area contributed by atoms with Gasteiger partial charge in [0.25, 0.3) is 0 Å². The van der Waals surface area contributed by atoms with E-state index < -0.39 is 30.2 Å². The molecule has 0 spiro atoms. The van der Waals surface area contributed by atoms with Crippen LogP contribution in [0.2, 0.25) is 0 Å². The van der Waals surface area contributed by atoms with Gasteiger partial charge in [-0.25, -0.2) is 0 Å². The van der Waals surface area contributed by atoms with Crippen LogP contribution in [0.1, 0.15) is 23.6 Å². The van der Waals surface area contributed by atoms with Crippen molar-refractivity contribution < 1.29 is 27.9 Å². The van der Waals surface area contributed by atoms with Gasteiger partial charge in [-0.1, -0.05) is 12.1 Å². The summed E-state index contributed by atoms with van der Waals surface area (Å²) in [5, 5.41) is 10.9. The van der Waals surface area contributed by atoms with E-state index in [1.54, 1.807) is 0 Å². The summed E-state index contributed by atoms with van der Waals surface area (Å²) in [5.41, 5.74) is -0.524. The Hall–Kier alpha value is -2.05. The Morgan fingerprint density at radius 2 is 1.89 bits per heavy atom. The van der Waals surface area contributed by atoms with Crippen LogP contribution in [0.4, 0.5) is 13.2 Å². The van der Waals surface area contributed by atoms with Crippen molar-refractivity contribution in [2.45, 2.75) is 18.6 Å². The first-order valence-electron chi connectivity index (χ1n) is 4.93. The van der Waals surface area contributed by atoms with Crippen LogP contribution in [0.3, 0.4) is 0 Å². The summed E-state index contributed by atoms with van der Waals surface area (Å²) in [6, 6.07) is 3.13. The molecule has 2 N–H and O–H groups in total. The molecule has 0 aliphatic rings. The van der Waals surface area contributed by atoms with Crippen LogP contribution >= 0.6 is 0 Å². The van der Waals surface area contributed by atoms with Gasteiger partial charge in [-0.3, -0.25) is 9.59 Å². The zero-order valence-electron chi connectivity index (χ0n) is 9.07. The first kappa shape index (κ1) is 14.0. The lowest BCUT2D eigenvalue weighted by molar-refractivity contribution is -0.138. The molecule has 98 valence electrons. The van der Waals surface area contributed by atoms with Gasteiger partial charge in [-0.15, -0.1) is 0 Å². The molecule has 0 aromatic heterocycles. The first-order valence-corrected chi connectivity index (χ1v) is 4.93. The number of amides is 1. The number of halogens is 3. The predicted octanol–water partition coefficient (Wildman–Crippen LogP) is 1.97. The predicted molar refractivity (Wildman–Crippen MR) is 55.6 cm³/mol. The van der Waals surface area contributed by atoms with Crippen LogP contribution in [0.25, 0.3) is 0 Å². The third-order valence-corrected chi connectivity index (χ3v) is 2.29. The minimum atomic E-state index is -4.45. The molecular formula is C11H10F3NO3. The average molecular weight is 261 g/mol. The van der Waals surface area contributed by atoms with Crippen molar-refractivity contribution in [1.29, 1.82) is 0 Å². The van der Waals surface area contributed by atoms with Gasteiger partial charge in [0.15, 0.2) is 0 Å². The SMILES string of the molecule is O=CN[C@H](CC(=O)O)c1ccc(C(F)(F)F)cc1. The second-order valence-corrected chi connectivity index (χ2v) is 3.55. The molecule has 0 fully saturated rings. The number of aliphatic carboxylic acids is 1. The maximum Gasteiger partial charge on any atom is 0.416 e. The van der Waals surface area contributed by atoms with Gasteiger partial charge >= 0.3 is 12.1 Å². The second kappa shape index (κ2) is 5.52. The van der Waals surface area contributed by atoms with Crippen molar-refractivity contribution in [2.24, 2.45) is 0 Å². The maximum absolute atomic E-state index is 12.3. The van der Waals surface area contributed by atoms with Crippen LogP contribution in [0, 0.1) is 0 Å². The van der Waals surface area contributed by atoms with Gasteiger partial charge in [-0.05, 0) is 17.7 Å². The number of benzene rings is 1. The molecule has 0 saturated heterocycles. The van der Waals surface area contributed by atoms with Gasteiger partial charge in [0, 0.05) is 0 Å². The largest absolute Gasteiger partial charge is 0.481 e. The Morgan fingerprint density at radius 3 is 2.28 bits per heavy atom. The molecule has 4 nitrogen and oxygen atoms in total. The summed E-state index contributed by atoms with van der Waals surface area (Å²) in [6.07, 6.45) is -4.53. The van der Waals surface area contributed by atoms with Crippen molar-refractivity contribution in [3.05, 3.63) is 35.4 Å². The molecule has 1 atom stereocenters. The van der Waals surface area contributed by atoms with Crippen molar-refractivity contribution >= 4 is 12.4 Å². The number of carboxylic acids is 1. The van der Waals surface area contributed by atoms with E-state index >= 15 is 0 Å². The quantitative estimate of drug-likeness (QED) is 0.796. The molecule has 7 heteroatoms. The van der Waals surface area contributed by atoms with E-state index in [0.29, 0.717) is 12.0 Å². The summed E-state index contributed by atoms with van der Waals surface area (Å²) in [5.74, 6) is -1.16. The highest BCUT2D eigenvalue weighted by atomic mass is 19.4. The molecule has 0 aliphatic carbocycles. The van der Waals surface area contributed by atoms with Crippen LogP contribution < -0.4 is 5.32 Å². The molecule has 1 aromatic rings. The van der Waals surface area contributed by atoms with Gasteiger partial charge in [0.2, 0.25) is 6.41 Å². The lowest BCUT2D eigenvalue weighted by Gasteiger charge is -2.15. The van der Waals surface area contributed by atoms with Crippen LogP contribution in [-0.2, 0) is 15.8 Å². The second-order valence-electron chi connectivity index (χ2n) is 3.55. The molecule has 18 heavy (non-hydrogen) atoms. The number of carbonyl (C=O) groups excluding carboxylic acids is 1. The minimum absolute atomic E-state index is 0.303. The van der Waals surface area contributed by atoms with E-state index in [4.69, 9.17) is 5.11 Å². The van der Waals surface area contributed by atoms with Crippen LogP contribution in [-0.4, -0.2) is 17.5 Å². The van der Waals surface area contributed by atoms with E-state index in [0.717, 1.165) is 24.3 Å². The van der Waals surface area contributed by atoms with Gasteiger partial charge < -0.3 is 10.4 Å². The fourth-order valence-corrected chi connectivity index (χ4v) is 1.43. The first-order chi connectivity index (χ1) is 8.34. The summed E-state index contributed by atoms with van der Waals surface area (Å²) in [4.78, 5) is 20.9. The normalized spacial score (nSPS) is 12.8. The fraction of sp³-hybridized carbons (Fsp3) is 0.273. The molecule has 0 saturated carbocycles. The molecule has 0 aliphatic heterocycles. The van der Waals surface area contributed by atoms with Crippen molar-refractivity contribution in [2.75, 3.05) is 0 Å². The van der Waals surface area contributed by atoms with E-state index in [1.165, 1.54) is 0 Å². The Bertz CT molecular complexity index is 428. The fourth-order valence-electron chi connectivity index (χ4n) is 1.43. The Morgan fingerprint density at radius 1 is 1.33 bits per heavy atom. The molecule has 1 rings (SSSR count). The summed E-state index contributed by atoms with van der Waals surface area (Å²) < 4.78 is 36.9. The van der Waals surface area contributed by atoms with Crippen molar-refractivity contribution in [1.82, 2.24) is 5.32 Å². The van der Waals surface area contributed by atoms with E-state index in [-0.39, 0.29) is 0 Å². The van der Waals surface area contributed by atoms with Gasteiger partial charge in [-0.2, -0.15) is 13.2 Å². The zero-order valence-corrected chi connectivity index (χ0v) is 9.07. The number of carbonyl (C=O) groups is 2. The van der Waals surface area contributed by atoms with E-state index in [2.05, 4.69) is 5.32 Å². The summed E-state index contributed by atoms with van der Waals surface area (Å²) in [6.45, 7) is 0. The lowest BCUT2D eigenvalue weighted by atomic mass is 10.0. The average Bonchev–Trinajstić information content (AvgIpc) is 2.27. The molecule has 0 bridgehead atoms. The Balaban J connectivity index is 2.93. The molecule has 0 unspecified atom stereocenters. The topological polar surface area (TPSA) is 66.4 Å². The van der Waals surface area contributed by atoms with Crippen LogP contribution in [0.5, 0.6) is 0 Å². The van der Waals surface area contributed by atoms with E-state index in [9.17, 15) is 22.8 Å². The van der Waals surface area contributed by atoms with E-state index in [1.807, 2.05) is 0 Å². The molecular weight excluding hydrogens is 251 g/mol. The smallest absolute Gasteiger partial charge is 0.416 e. The summed E-state index contributed by atoms with van der Waals surface area (Å²) in [7, 11) is 0. The van der Waals surface area contributed by atoms with Crippen molar-refractivity contribution in [3.63, 3.8) is 0 Å². The standard InChI is InChI=1S/C11H10F3NO3/c12-11(13,14)8-3-1-7(2-4-8)9(15-6-16)5-10(17)18/h1-4,6,9H,5H2,(H,15,16)(H,17,18)/t9-/m1/s1. The van der Waals surface area contributed by atoms with Crippen LogP contribution in [0.15, 0.2) is 24.3 Å². The number of rotatable bonds is 5. The Labute approximate surface area is 100 Å². The highest BCUT2D eigenvalue weighted by molar-refractivity contribution is 5.68. The number of alkyl halides is 3.